The van der Waals surface area contributed by atoms with Gasteiger partial charge in [0.1, 0.15) is 11.7 Å². The molecule has 0 amide bonds. The SMILES string of the molecule is COC(=O)[C@H](C(=O)[C@@H]1CCCN1)[C@@H](NS(=O)(=O)c1cc(Cl)cc(Cl)c1)c1ccc(O)cc1. The van der Waals surface area contributed by atoms with Crippen LogP contribution in [0.2, 0.25) is 10.0 Å². The van der Waals surface area contributed by atoms with Crippen LogP contribution >= 0.6 is 23.2 Å². The predicted octanol–water partition coefficient (Wildman–Crippen LogP) is 2.83. The van der Waals surface area contributed by atoms with Crippen molar-refractivity contribution in [2.24, 2.45) is 5.92 Å². The van der Waals surface area contributed by atoms with E-state index in [2.05, 4.69) is 10.0 Å². The second-order valence-electron chi connectivity index (χ2n) is 7.35. The van der Waals surface area contributed by atoms with Crippen molar-refractivity contribution in [1.82, 2.24) is 10.0 Å². The van der Waals surface area contributed by atoms with Gasteiger partial charge in [-0.25, -0.2) is 13.1 Å². The number of carbonyl (C=O) groups is 2. The van der Waals surface area contributed by atoms with Crippen molar-refractivity contribution in [2.45, 2.75) is 29.8 Å². The van der Waals surface area contributed by atoms with Crippen LogP contribution in [0.3, 0.4) is 0 Å². The first kappa shape index (κ1) is 24.5. The molecule has 11 heteroatoms. The Hall–Kier alpha value is -2.17. The highest BCUT2D eigenvalue weighted by Gasteiger charge is 2.42. The van der Waals surface area contributed by atoms with Crippen LogP contribution in [-0.2, 0) is 24.3 Å². The fourth-order valence-electron chi connectivity index (χ4n) is 3.62. The van der Waals surface area contributed by atoms with E-state index in [0.717, 1.165) is 13.5 Å². The third kappa shape index (κ3) is 5.60. The first-order chi connectivity index (χ1) is 15.1. The Kier molecular flexibility index (Phi) is 7.79. The number of rotatable bonds is 8. The van der Waals surface area contributed by atoms with Crippen molar-refractivity contribution < 1.29 is 27.9 Å². The summed E-state index contributed by atoms with van der Waals surface area (Å²) >= 11 is 11.9. The van der Waals surface area contributed by atoms with Gasteiger partial charge in [-0.3, -0.25) is 9.59 Å². The number of nitrogens with one attached hydrogen (secondary N) is 2. The normalized spacial score (nSPS) is 18.2. The minimum absolute atomic E-state index is 0.0598. The van der Waals surface area contributed by atoms with Crippen LogP contribution in [-0.4, -0.2) is 45.0 Å². The number of ether oxygens (including phenoxy) is 1. The predicted molar refractivity (Wildman–Crippen MR) is 119 cm³/mol. The summed E-state index contributed by atoms with van der Waals surface area (Å²) in [6.45, 7) is 0.612. The standard InChI is InChI=1S/C21H22Cl2N2O6S/c1-31-21(28)18(20(27)17-3-2-8-24-17)19(12-4-6-15(26)7-5-12)25-32(29,30)16-10-13(22)9-14(23)11-16/h4-7,9-11,17-19,24-26H,2-3,8H2,1H3/t17-,18-,19-/m0/s1. The molecule has 2 aromatic rings. The van der Waals surface area contributed by atoms with Crippen molar-refractivity contribution in [1.29, 1.82) is 0 Å². The number of phenols is 1. The maximum atomic E-state index is 13.3. The molecule has 0 radical (unpaired) electrons. The van der Waals surface area contributed by atoms with Gasteiger partial charge in [-0.2, -0.15) is 0 Å². The fraction of sp³-hybridized carbons (Fsp3) is 0.333. The summed E-state index contributed by atoms with van der Waals surface area (Å²) in [6.07, 6.45) is 1.27. The Morgan fingerprint density at radius 2 is 1.78 bits per heavy atom. The Bertz CT molecular complexity index is 1080. The minimum Gasteiger partial charge on any atom is -0.508 e. The smallest absolute Gasteiger partial charge is 0.318 e. The molecule has 0 spiro atoms. The first-order valence-corrected chi connectivity index (χ1v) is 12.0. The molecule has 0 saturated carbocycles. The molecule has 1 aliphatic rings. The van der Waals surface area contributed by atoms with Gasteiger partial charge in [0, 0.05) is 10.0 Å². The van der Waals surface area contributed by atoms with E-state index in [1.807, 2.05) is 0 Å². The fourth-order valence-corrected chi connectivity index (χ4v) is 5.58. The lowest BCUT2D eigenvalue weighted by Crippen LogP contribution is -2.46. The van der Waals surface area contributed by atoms with Gasteiger partial charge < -0.3 is 15.2 Å². The number of aromatic hydroxyl groups is 1. The number of methoxy groups -OCH3 is 1. The van der Waals surface area contributed by atoms with Crippen LogP contribution in [0.4, 0.5) is 0 Å². The molecular weight excluding hydrogens is 479 g/mol. The molecule has 1 saturated heterocycles. The summed E-state index contributed by atoms with van der Waals surface area (Å²) in [5, 5.41) is 12.9. The van der Waals surface area contributed by atoms with Gasteiger partial charge in [0.05, 0.1) is 24.1 Å². The van der Waals surface area contributed by atoms with Gasteiger partial charge in [0.15, 0.2) is 5.78 Å². The van der Waals surface area contributed by atoms with E-state index >= 15 is 0 Å². The van der Waals surface area contributed by atoms with Gasteiger partial charge >= 0.3 is 5.97 Å². The van der Waals surface area contributed by atoms with Crippen LogP contribution < -0.4 is 10.0 Å². The summed E-state index contributed by atoms with van der Waals surface area (Å²) in [5.74, 6) is -2.90. The van der Waals surface area contributed by atoms with Crippen LogP contribution in [0.15, 0.2) is 47.4 Å². The Labute approximate surface area is 195 Å². The number of hydrogen-bond acceptors (Lipinski definition) is 7. The third-order valence-electron chi connectivity index (χ3n) is 5.18. The molecule has 3 atom stereocenters. The molecule has 2 aromatic carbocycles. The largest absolute Gasteiger partial charge is 0.508 e. The van der Waals surface area contributed by atoms with Gasteiger partial charge in [-0.1, -0.05) is 35.3 Å². The second-order valence-corrected chi connectivity index (χ2v) is 9.93. The van der Waals surface area contributed by atoms with E-state index in [1.54, 1.807) is 0 Å². The molecule has 1 aliphatic heterocycles. The van der Waals surface area contributed by atoms with Gasteiger partial charge in [0.25, 0.3) is 0 Å². The quantitative estimate of drug-likeness (QED) is 0.376. The van der Waals surface area contributed by atoms with E-state index < -0.39 is 39.8 Å². The molecule has 0 bridgehead atoms. The highest BCUT2D eigenvalue weighted by molar-refractivity contribution is 7.89. The summed E-state index contributed by atoms with van der Waals surface area (Å²) in [7, 11) is -3.14. The topological polar surface area (TPSA) is 122 Å². The lowest BCUT2D eigenvalue weighted by atomic mass is 9.86. The van der Waals surface area contributed by atoms with Gasteiger partial charge in [0.2, 0.25) is 10.0 Å². The molecule has 3 rings (SSSR count). The number of halogens is 2. The molecular formula is C21H22Cl2N2O6S. The third-order valence-corrected chi connectivity index (χ3v) is 7.04. The molecule has 0 aromatic heterocycles. The van der Waals surface area contributed by atoms with Crippen molar-refractivity contribution in [2.75, 3.05) is 13.7 Å². The molecule has 3 N–H and O–H groups in total. The van der Waals surface area contributed by atoms with Gasteiger partial charge in [-0.15, -0.1) is 0 Å². The van der Waals surface area contributed by atoms with E-state index in [4.69, 9.17) is 27.9 Å². The summed E-state index contributed by atoms with van der Waals surface area (Å²) < 4.78 is 33.7. The van der Waals surface area contributed by atoms with E-state index in [1.165, 1.54) is 42.5 Å². The average Bonchev–Trinajstić information content (AvgIpc) is 3.27. The van der Waals surface area contributed by atoms with E-state index in [0.29, 0.717) is 18.5 Å². The number of phenolic OH excluding ortho intramolecular Hbond substituents is 1. The number of carbonyl (C=O) groups excluding carboxylic acids is 2. The second kappa shape index (κ2) is 10.2. The maximum absolute atomic E-state index is 13.3. The lowest BCUT2D eigenvalue weighted by molar-refractivity contribution is -0.151. The lowest BCUT2D eigenvalue weighted by Gasteiger charge is -2.27. The van der Waals surface area contributed by atoms with Crippen molar-refractivity contribution >= 4 is 45.0 Å². The Morgan fingerprint density at radius 1 is 1.16 bits per heavy atom. The van der Waals surface area contributed by atoms with Gasteiger partial charge in [-0.05, 0) is 55.3 Å². The monoisotopic (exact) mass is 500 g/mol. The number of esters is 1. The van der Waals surface area contributed by atoms with Crippen LogP contribution in [0.1, 0.15) is 24.4 Å². The molecule has 0 aliphatic carbocycles. The van der Waals surface area contributed by atoms with E-state index in [-0.39, 0.29) is 20.7 Å². The number of ketones is 1. The maximum Gasteiger partial charge on any atom is 0.318 e. The zero-order valence-corrected chi connectivity index (χ0v) is 19.4. The first-order valence-electron chi connectivity index (χ1n) is 9.74. The van der Waals surface area contributed by atoms with Crippen LogP contribution in [0, 0.1) is 5.92 Å². The highest BCUT2D eigenvalue weighted by atomic mass is 35.5. The van der Waals surface area contributed by atoms with Crippen molar-refractivity contribution in [3.8, 4) is 5.75 Å². The summed E-state index contributed by atoms with van der Waals surface area (Å²) in [5.41, 5.74) is 0.293. The minimum atomic E-state index is -4.27. The molecule has 8 nitrogen and oxygen atoms in total. The zero-order valence-electron chi connectivity index (χ0n) is 17.0. The molecule has 1 fully saturated rings. The molecule has 172 valence electrons. The van der Waals surface area contributed by atoms with E-state index in [9.17, 15) is 23.1 Å². The average molecular weight is 501 g/mol. The highest BCUT2D eigenvalue weighted by Crippen LogP contribution is 2.31. The summed E-state index contributed by atoms with van der Waals surface area (Å²) in [4.78, 5) is 25.8. The molecule has 0 unspecified atom stereocenters. The zero-order chi connectivity index (χ0) is 23.5. The van der Waals surface area contributed by atoms with Crippen molar-refractivity contribution in [3.05, 3.63) is 58.1 Å². The Morgan fingerprint density at radius 3 is 2.31 bits per heavy atom. The summed E-state index contributed by atoms with van der Waals surface area (Å²) in [6, 6.07) is 7.40. The number of benzene rings is 2. The van der Waals surface area contributed by atoms with Crippen molar-refractivity contribution in [3.63, 3.8) is 0 Å². The molecule has 1 heterocycles. The van der Waals surface area contributed by atoms with Crippen LogP contribution in [0.25, 0.3) is 0 Å². The van der Waals surface area contributed by atoms with Crippen LogP contribution in [0.5, 0.6) is 5.75 Å². The number of hydrogen-bond donors (Lipinski definition) is 3. The molecule has 32 heavy (non-hydrogen) atoms. The number of sulfonamides is 1. The Balaban J connectivity index is 2.08. The number of Topliss-reactive ketones (excluding diaryl/α,β-unsaturated/α-hetero) is 1.